The molecule has 0 atom stereocenters. The van der Waals surface area contributed by atoms with Crippen molar-refractivity contribution in [3.05, 3.63) is 111 Å². The van der Waals surface area contributed by atoms with Crippen LogP contribution in [-0.4, -0.2) is 22.8 Å². The highest BCUT2D eigenvalue weighted by atomic mass is 16.6. The molecule has 32 heavy (non-hydrogen) atoms. The first-order valence-corrected chi connectivity index (χ1v) is 9.56. The molecule has 0 saturated carbocycles. The van der Waals surface area contributed by atoms with Gasteiger partial charge >= 0.3 is 11.9 Å². The number of cyclic esters (lactones) is 1. The smallest absolute Gasteiger partial charge is 0.363 e. The lowest BCUT2D eigenvalue weighted by molar-refractivity contribution is -0.385. The van der Waals surface area contributed by atoms with E-state index in [1.807, 2.05) is 0 Å². The van der Waals surface area contributed by atoms with E-state index in [4.69, 9.17) is 9.47 Å². The van der Waals surface area contributed by atoms with Gasteiger partial charge in [0.2, 0.25) is 5.90 Å². The van der Waals surface area contributed by atoms with Gasteiger partial charge in [-0.05, 0) is 55.0 Å². The molecule has 0 saturated heterocycles. The summed E-state index contributed by atoms with van der Waals surface area (Å²) in [5.41, 5.74) is 1.91. The van der Waals surface area contributed by atoms with Crippen LogP contribution in [0.15, 0.2) is 83.5 Å². The van der Waals surface area contributed by atoms with Crippen LogP contribution in [0.1, 0.15) is 27.0 Å². The minimum absolute atomic E-state index is 0.0312. The molecule has 3 aromatic rings. The first kappa shape index (κ1) is 20.7. The predicted molar refractivity (Wildman–Crippen MR) is 116 cm³/mol. The van der Waals surface area contributed by atoms with Crippen molar-refractivity contribution in [2.75, 3.05) is 0 Å². The largest absolute Gasteiger partial charge is 0.423 e. The van der Waals surface area contributed by atoms with Crippen LogP contribution in [0, 0.1) is 17.0 Å². The van der Waals surface area contributed by atoms with Crippen LogP contribution in [0.5, 0.6) is 5.75 Å². The molecular formula is C24H16N2O6. The van der Waals surface area contributed by atoms with Gasteiger partial charge in [0.05, 0.1) is 10.5 Å². The molecule has 1 heterocycles. The van der Waals surface area contributed by atoms with Gasteiger partial charge in [0.1, 0.15) is 5.75 Å². The zero-order valence-electron chi connectivity index (χ0n) is 16.8. The lowest BCUT2D eigenvalue weighted by atomic mass is 10.1. The lowest BCUT2D eigenvalue weighted by Crippen LogP contribution is -2.08. The Kier molecular flexibility index (Phi) is 5.59. The SMILES string of the molecule is Cc1cc(C2=N/C(=C\c3cccc(OC(=O)c4ccccc4)c3)C(=O)O2)ccc1[N+](=O)[O-]. The topological polar surface area (TPSA) is 108 Å². The Morgan fingerprint density at radius 2 is 1.84 bits per heavy atom. The highest BCUT2D eigenvalue weighted by Gasteiger charge is 2.25. The summed E-state index contributed by atoms with van der Waals surface area (Å²) < 4.78 is 10.6. The maximum absolute atomic E-state index is 12.3. The molecule has 4 rings (SSSR count). The molecule has 0 fully saturated rings. The number of carbonyl (C=O) groups excluding carboxylic acids is 2. The van der Waals surface area contributed by atoms with Crippen molar-refractivity contribution in [2.45, 2.75) is 6.92 Å². The van der Waals surface area contributed by atoms with Crippen molar-refractivity contribution >= 4 is 29.6 Å². The molecule has 8 heteroatoms. The molecule has 0 bridgehead atoms. The number of aryl methyl sites for hydroxylation is 1. The third kappa shape index (κ3) is 4.44. The third-order valence-electron chi connectivity index (χ3n) is 4.64. The van der Waals surface area contributed by atoms with Crippen LogP contribution >= 0.6 is 0 Å². The minimum atomic E-state index is -0.650. The number of carbonyl (C=O) groups is 2. The maximum atomic E-state index is 12.3. The van der Waals surface area contributed by atoms with Crippen LogP contribution in [0.3, 0.4) is 0 Å². The number of hydrogen-bond acceptors (Lipinski definition) is 7. The highest BCUT2D eigenvalue weighted by molar-refractivity contribution is 6.13. The standard InChI is InChI=1S/C24H16N2O6/c1-15-12-18(10-11-21(15)26(29)30)22-25-20(24(28)32-22)14-16-6-5-9-19(13-16)31-23(27)17-7-3-2-4-8-17/h2-14H,1H3/b20-14-. The maximum Gasteiger partial charge on any atom is 0.363 e. The van der Waals surface area contributed by atoms with E-state index in [0.29, 0.717) is 28.0 Å². The average Bonchev–Trinajstić information content (AvgIpc) is 3.14. The number of hydrogen-bond donors (Lipinski definition) is 0. The summed E-state index contributed by atoms with van der Waals surface area (Å²) in [6.07, 6.45) is 1.51. The molecule has 1 aliphatic heterocycles. The van der Waals surface area contributed by atoms with Gasteiger partial charge in [0.25, 0.3) is 5.69 Å². The molecule has 0 spiro atoms. The Bertz CT molecular complexity index is 1290. The highest BCUT2D eigenvalue weighted by Crippen LogP contribution is 2.24. The third-order valence-corrected chi connectivity index (χ3v) is 4.64. The van der Waals surface area contributed by atoms with Gasteiger partial charge in [-0.2, -0.15) is 0 Å². The number of esters is 2. The van der Waals surface area contributed by atoms with E-state index >= 15 is 0 Å². The lowest BCUT2D eigenvalue weighted by Gasteiger charge is -2.05. The normalized spacial score (nSPS) is 14.1. The molecule has 158 valence electrons. The van der Waals surface area contributed by atoms with Crippen molar-refractivity contribution in [1.82, 2.24) is 0 Å². The van der Waals surface area contributed by atoms with Crippen LogP contribution in [0.25, 0.3) is 6.08 Å². The van der Waals surface area contributed by atoms with Crippen LogP contribution < -0.4 is 4.74 Å². The Morgan fingerprint density at radius 3 is 2.56 bits per heavy atom. The number of nitro groups is 1. The minimum Gasteiger partial charge on any atom is -0.423 e. The zero-order chi connectivity index (χ0) is 22.7. The van der Waals surface area contributed by atoms with E-state index in [-0.39, 0.29) is 17.3 Å². The monoisotopic (exact) mass is 428 g/mol. The molecule has 8 nitrogen and oxygen atoms in total. The number of benzene rings is 3. The van der Waals surface area contributed by atoms with Crippen molar-refractivity contribution in [2.24, 2.45) is 4.99 Å². The molecule has 3 aromatic carbocycles. The van der Waals surface area contributed by atoms with Gasteiger partial charge in [-0.1, -0.05) is 30.3 Å². The van der Waals surface area contributed by atoms with Gasteiger partial charge in [0.15, 0.2) is 5.70 Å². The first-order valence-electron chi connectivity index (χ1n) is 9.56. The summed E-state index contributed by atoms with van der Waals surface area (Å²) in [7, 11) is 0. The van der Waals surface area contributed by atoms with E-state index in [1.165, 1.54) is 24.3 Å². The Labute approximate surface area is 182 Å². The molecule has 0 aromatic heterocycles. The molecule has 0 N–H and O–H groups in total. The quantitative estimate of drug-likeness (QED) is 0.195. The van der Waals surface area contributed by atoms with Crippen molar-refractivity contribution in [3.8, 4) is 5.75 Å². The molecule has 0 radical (unpaired) electrons. The van der Waals surface area contributed by atoms with E-state index in [1.54, 1.807) is 61.5 Å². The van der Waals surface area contributed by atoms with Crippen molar-refractivity contribution < 1.29 is 24.0 Å². The zero-order valence-corrected chi connectivity index (χ0v) is 16.8. The molecule has 1 aliphatic rings. The van der Waals surface area contributed by atoms with E-state index in [9.17, 15) is 19.7 Å². The summed E-state index contributed by atoms with van der Waals surface area (Å²) in [6.45, 7) is 1.60. The molecular weight excluding hydrogens is 412 g/mol. The van der Waals surface area contributed by atoms with Gasteiger partial charge in [-0.15, -0.1) is 0 Å². The van der Waals surface area contributed by atoms with Crippen LogP contribution in [0.2, 0.25) is 0 Å². The second-order valence-corrected chi connectivity index (χ2v) is 6.92. The van der Waals surface area contributed by atoms with E-state index in [2.05, 4.69) is 4.99 Å². The van der Waals surface area contributed by atoms with E-state index in [0.717, 1.165) is 0 Å². The number of rotatable bonds is 5. The van der Waals surface area contributed by atoms with Gasteiger partial charge in [-0.3, -0.25) is 10.1 Å². The fourth-order valence-electron chi connectivity index (χ4n) is 3.09. The number of aliphatic imine (C=N–C) groups is 1. The second-order valence-electron chi connectivity index (χ2n) is 6.92. The number of nitro benzene ring substituents is 1. The molecule has 0 aliphatic carbocycles. The van der Waals surface area contributed by atoms with Gasteiger partial charge < -0.3 is 9.47 Å². The van der Waals surface area contributed by atoms with Crippen molar-refractivity contribution in [3.63, 3.8) is 0 Å². The Morgan fingerprint density at radius 1 is 1.06 bits per heavy atom. The van der Waals surface area contributed by atoms with Gasteiger partial charge in [-0.25, -0.2) is 14.6 Å². The molecule has 0 unspecified atom stereocenters. The van der Waals surface area contributed by atoms with E-state index < -0.39 is 16.9 Å². The Balaban J connectivity index is 1.56. The van der Waals surface area contributed by atoms with Crippen LogP contribution in [-0.2, 0) is 9.53 Å². The Hall–Kier alpha value is -4.59. The fourth-order valence-corrected chi connectivity index (χ4v) is 3.09. The number of ether oxygens (including phenoxy) is 2. The second kappa shape index (κ2) is 8.65. The summed E-state index contributed by atoms with van der Waals surface area (Å²) >= 11 is 0. The van der Waals surface area contributed by atoms with Gasteiger partial charge in [0, 0.05) is 17.2 Å². The predicted octanol–water partition coefficient (Wildman–Crippen LogP) is 4.47. The fraction of sp³-hybridized carbons (Fsp3) is 0.0417. The summed E-state index contributed by atoms with van der Waals surface area (Å²) in [6, 6.07) is 19.6. The summed E-state index contributed by atoms with van der Waals surface area (Å²) in [4.78, 5) is 39.2. The average molecular weight is 428 g/mol. The summed E-state index contributed by atoms with van der Waals surface area (Å²) in [5.74, 6) is -0.770. The molecule has 0 amide bonds. The summed E-state index contributed by atoms with van der Waals surface area (Å²) in [5, 5.41) is 11.0. The van der Waals surface area contributed by atoms with Crippen LogP contribution in [0.4, 0.5) is 5.69 Å². The van der Waals surface area contributed by atoms with Crippen molar-refractivity contribution in [1.29, 1.82) is 0 Å². The number of nitrogens with zero attached hydrogens (tertiary/aromatic N) is 2. The first-order chi connectivity index (χ1) is 15.4.